The molecule has 1 aliphatic carbocycles. The lowest BCUT2D eigenvalue weighted by atomic mass is 9.89. The molecule has 1 aliphatic heterocycles. The minimum Gasteiger partial charge on any atom is -0.471 e. The van der Waals surface area contributed by atoms with Crippen molar-refractivity contribution in [1.82, 2.24) is 9.61 Å². The van der Waals surface area contributed by atoms with Crippen molar-refractivity contribution in [3.8, 4) is 0 Å². The van der Waals surface area contributed by atoms with Crippen molar-refractivity contribution in [2.45, 2.75) is 45.8 Å². The summed E-state index contributed by atoms with van der Waals surface area (Å²) in [7, 11) is 0. The second kappa shape index (κ2) is 6.03. The minimum absolute atomic E-state index is 0.0334. The molecule has 2 aromatic heterocycles. The molecule has 0 saturated carbocycles. The second-order valence-electron chi connectivity index (χ2n) is 7.15. The lowest BCUT2D eigenvalue weighted by Crippen LogP contribution is -2.22. The van der Waals surface area contributed by atoms with Crippen LogP contribution in [0.5, 0.6) is 0 Å². The Morgan fingerprint density at radius 1 is 1.24 bits per heavy atom. The summed E-state index contributed by atoms with van der Waals surface area (Å²) >= 11 is 6.11. The molecule has 3 unspecified atom stereocenters. The standard InChI is InChI=1S/C20H22ClN3O/c1-11(2)20-22-16-10-14(5-7-17(16)25-20)13(4)19-12(3)9-15-6-8-18(21)23-24(15)19/h5-11,13,16-17H,1-4H3. The first-order valence-corrected chi connectivity index (χ1v) is 9.11. The van der Waals surface area contributed by atoms with E-state index in [1.807, 2.05) is 16.6 Å². The zero-order chi connectivity index (χ0) is 17.7. The highest BCUT2D eigenvalue weighted by atomic mass is 35.5. The van der Waals surface area contributed by atoms with Gasteiger partial charge in [0.05, 0.1) is 11.2 Å². The van der Waals surface area contributed by atoms with Gasteiger partial charge in [-0.05, 0) is 42.3 Å². The van der Waals surface area contributed by atoms with Crippen LogP contribution in [0.15, 0.2) is 47.0 Å². The third kappa shape index (κ3) is 2.78. The summed E-state index contributed by atoms with van der Waals surface area (Å²) in [5, 5.41) is 4.99. The summed E-state index contributed by atoms with van der Waals surface area (Å²) in [6.45, 7) is 8.55. The smallest absolute Gasteiger partial charge is 0.187 e. The van der Waals surface area contributed by atoms with Crippen LogP contribution in [0.2, 0.25) is 5.15 Å². The van der Waals surface area contributed by atoms with Crippen molar-refractivity contribution in [1.29, 1.82) is 0 Å². The van der Waals surface area contributed by atoms with Gasteiger partial charge in [-0.3, -0.25) is 0 Å². The molecule has 4 rings (SSSR count). The van der Waals surface area contributed by atoms with Gasteiger partial charge in [0.15, 0.2) is 5.90 Å². The third-order valence-electron chi connectivity index (χ3n) is 4.94. The van der Waals surface area contributed by atoms with Crippen LogP contribution in [0.4, 0.5) is 0 Å². The Morgan fingerprint density at radius 3 is 2.80 bits per heavy atom. The molecular weight excluding hydrogens is 334 g/mol. The molecule has 3 heterocycles. The number of halogens is 1. The number of hydrogen-bond acceptors (Lipinski definition) is 3. The molecule has 130 valence electrons. The summed E-state index contributed by atoms with van der Waals surface area (Å²) in [6.07, 6.45) is 6.55. The van der Waals surface area contributed by atoms with E-state index in [2.05, 4.69) is 57.1 Å². The van der Waals surface area contributed by atoms with Gasteiger partial charge in [0.2, 0.25) is 0 Å². The van der Waals surface area contributed by atoms with Crippen LogP contribution < -0.4 is 0 Å². The first-order chi connectivity index (χ1) is 11.9. The number of aromatic nitrogens is 2. The van der Waals surface area contributed by atoms with Gasteiger partial charge in [-0.15, -0.1) is 0 Å². The largest absolute Gasteiger partial charge is 0.471 e. The molecule has 2 aliphatic rings. The highest BCUT2D eigenvalue weighted by Crippen LogP contribution is 2.34. The van der Waals surface area contributed by atoms with Crippen molar-refractivity contribution < 1.29 is 4.74 Å². The van der Waals surface area contributed by atoms with E-state index in [0.717, 1.165) is 11.4 Å². The van der Waals surface area contributed by atoms with Gasteiger partial charge in [-0.25, -0.2) is 9.51 Å². The van der Waals surface area contributed by atoms with Crippen LogP contribution in [0.3, 0.4) is 0 Å². The molecule has 0 bridgehead atoms. The molecule has 0 saturated heterocycles. The summed E-state index contributed by atoms with van der Waals surface area (Å²) < 4.78 is 7.89. The highest BCUT2D eigenvalue weighted by Gasteiger charge is 2.32. The number of allylic oxidation sites excluding steroid dienone is 2. The average molecular weight is 356 g/mol. The van der Waals surface area contributed by atoms with Crippen LogP contribution in [-0.2, 0) is 4.74 Å². The first kappa shape index (κ1) is 16.4. The fourth-order valence-electron chi connectivity index (χ4n) is 3.64. The van der Waals surface area contributed by atoms with Gasteiger partial charge in [0.25, 0.3) is 0 Å². The van der Waals surface area contributed by atoms with E-state index in [1.54, 1.807) is 0 Å². The van der Waals surface area contributed by atoms with E-state index >= 15 is 0 Å². The molecular formula is C20H22ClN3O. The Balaban J connectivity index is 1.71. The lowest BCUT2D eigenvalue weighted by molar-refractivity contribution is 0.241. The fourth-order valence-corrected chi connectivity index (χ4v) is 3.78. The number of aliphatic imine (C=N–C) groups is 1. The maximum atomic E-state index is 6.11. The van der Waals surface area contributed by atoms with Crippen LogP contribution in [0.1, 0.15) is 37.9 Å². The molecule has 0 aromatic carbocycles. The topological polar surface area (TPSA) is 38.9 Å². The Kier molecular flexibility index (Phi) is 3.95. The fraction of sp³-hybridized carbons (Fsp3) is 0.400. The van der Waals surface area contributed by atoms with Crippen molar-refractivity contribution in [3.63, 3.8) is 0 Å². The molecule has 0 fully saturated rings. The SMILES string of the molecule is Cc1cc2ccc(Cl)nn2c1C(C)C1=CC2N=C(C(C)C)OC2C=C1. The van der Waals surface area contributed by atoms with E-state index in [4.69, 9.17) is 21.3 Å². The van der Waals surface area contributed by atoms with Gasteiger partial charge in [-0.2, -0.15) is 5.10 Å². The van der Waals surface area contributed by atoms with Crippen LogP contribution >= 0.6 is 11.6 Å². The predicted molar refractivity (Wildman–Crippen MR) is 102 cm³/mol. The van der Waals surface area contributed by atoms with E-state index in [9.17, 15) is 0 Å². The maximum Gasteiger partial charge on any atom is 0.187 e. The summed E-state index contributed by atoms with van der Waals surface area (Å²) in [5.41, 5.74) is 4.68. The number of hydrogen-bond donors (Lipinski definition) is 0. The van der Waals surface area contributed by atoms with E-state index < -0.39 is 0 Å². The second-order valence-corrected chi connectivity index (χ2v) is 7.54. The van der Waals surface area contributed by atoms with Gasteiger partial charge >= 0.3 is 0 Å². The third-order valence-corrected chi connectivity index (χ3v) is 5.15. The summed E-state index contributed by atoms with van der Waals surface area (Å²) in [6, 6.07) is 6.05. The molecule has 0 radical (unpaired) electrons. The normalized spacial score (nSPS) is 23.4. The molecule has 5 heteroatoms. The van der Waals surface area contributed by atoms with Crippen molar-refractivity contribution in [3.05, 3.63) is 58.4 Å². The number of fused-ring (bicyclic) bond motifs is 2. The van der Waals surface area contributed by atoms with E-state index in [0.29, 0.717) is 11.1 Å². The van der Waals surface area contributed by atoms with Crippen LogP contribution in [0, 0.1) is 12.8 Å². The number of rotatable bonds is 3. The number of ether oxygens (including phenoxy) is 1. The lowest BCUT2D eigenvalue weighted by Gasteiger charge is -2.21. The van der Waals surface area contributed by atoms with Gasteiger partial charge < -0.3 is 4.74 Å². The zero-order valence-corrected chi connectivity index (χ0v) is 15.7. The molecule has 3 atom stereocenters. The molecule has 0 N–H and O–H groups in total. The first-order valence-electron chi connectivity index (χ1n) is 8.73. The van der Waals surface area contributed by atoms with Gasteiger partial charge in [0, 0.05) is 11.8 Å². The van der Waals surface area contributed by atoms with Crippen molar-refractivity contribution >= 4 is 23.0 Å². The predicted octanol–water partition coefficient (Wildman–Crippen LogP) is 4.72. The minimum atomic E-state index is 0.0334. The number of aryl methyl sites for hydroxylation is 1. The monoisotopic (exact) mass is 355 g/mol. The Labute approximate surface area is 152 Å². The molecule has 25 heavy (non-hydrogen) atoms. The molecule has 4 nitrogen and oxygen atoms in total. The van der Waals surface area contributed by atoms with Crippen molar-refractivity contribution in [2.75, 3.05) is 0 Å². The van der Waals surface area contributed by atoms with E-state index in [-0.39, 0.29) is 18.1 Å². The highest BCUT2D eigenvalue weighted by molar-refractivity contribution is 6.29. The molecule has 0 spiro atoms. The zero-order valence-electron chi connectivity index (χ0n) is 14.9. The Hall–Kier alpha value is -2.07. The Morgan fingerprint density at radius 2 is 2.04 bits per heavy atom. The summed E-state index contributed by atoms with van der Waals surface area (Å²) in [5.74, 6) is 1.36. The van der Waals surface area contributed by atoms with Gasteiger partial charge in [-0.1, -0.05) is 44.5 Å². The molecule has 0 amide bonds. The Bertz CT molecular complexity index is 922. The maximum absolute atomic E-state index is 6.11. The van der Waals surface area contributed by atoms with Gasteiger partial charge in [0.1, 0.15) is 17.3 Å². The van der Waals surface area contributed by atoms with Crippen LogP contribution in [-0.4, -0.2) is 27.7 Å². The van der Waals surface area contributed by atoms with Crippen molar-refractivity contribution in [2.24, 2.45) is 10.9 Å². The van der Waals surface area contributed by atoms with Crippen LogP contribution in [0.25, 0.3) is 5.52 Å². The summed E-state index contributed by atoms with van der Waals surface area (Å²) in [4.78, 5) is 4.75. The quantitative estimate of drug-likeness (QED) is 0.799. The average Bonchev–Trinajstić information content (AvgIpc) is 3.13. The van der Waals surface area contributed by atoms with E-state index in [1.165, 1.54) is 16.8 Å². The molecule has 2 aromatic rings. The number of nitrogens with zero attached hydrogens (tertiary/aromatic N) is 3.